The largest absolute Gasteiger partial charge is 0.364 e. The second-order valence-corrected chi connectivity index (χ2v) is 3.62. The van der Waals surface area contributed by atoms with Gasteiger partial charge in [-0.25, -0.2) is 0 Å². The number of rotatable bonds is 0. The molecule has 1 aromatic carbocycles. The monoisotopic (exact) mass is 212 g/mol. The molecule has 0 saturated carbocycles. The third kappa shape index (κ3) is 1.20. The molecule has 1 heterocycles. The number of halogens is 1. The van der Waals surface area contributed by atoms with E-state index in [0.29, 0.717) is 6.17 Å². The first-order valence-electron chi connectivity index (χ1n) is 3.58. The van der Waals surface area contributed by atoms with Crippen molar-refractivity contribution >= 4 is 27.3 Å². The maximum Gasteiger partial charge on any atom is 0.0935 e. The maximum absolute atomic E-state index is 3.42. The van der Waals surface area contributed by atoms with Gasteiger partial charge in [-0.05, 0) is 25.1 Å². The molecular weight excluding hydrogens is 204 g/mol. The summed E-state index contributed by atoms with van der Waals surface area (Å²) in [6.45, 7) is 2.09. The number of hydrogen-bond acceptors (Lipinski definition) is 2. The van der Waals surface area contributed by atoms with Crippen LogP contribution in [0.25, 0.3) is 0 Å². The summed E-state index contributed by atoms with van der Waals surface area (Å²) in [6.07, 6.45) is 0.347. The first-order chi connectivity index (χ1) is 5.25. The molecule has 0 spiro atoms. The summed E-state index contributed by atoms with van der Waals surface area (Å²) < 4.78 is 1.11. The smallest absolute Gasteiger partial charge is 0.0935 e. The molecule has 0 fully saturated rings. The Morgan fingerprint density at radius 2 is 2.00 bits per heavy atom. The molecule has 2 N–H and O–H groups in total. The molecule has 2 rings (SSSR count). The number of hydrogen-bond donors (Lipinski definition) is 2. The zero-order chi connectivity index (χ0) is 7.84. The Balaban J connectivity index is 2.43. The van der Waals surface area contributed by atoms with Crippen LogP contribution in [0.1, 0.15) is 6.92 Å². The van der Waals surface area contributed by atoms with Crippen LogP contribution in [0, 0.1) is 0 Å². The first kappa shape index (κ1) is 6.98. The van der Waals surface area contributed by atoms with E-state index in [9.17, 15) is 0 Å². The van der Waals surface area contributed by atoms with E-state index in [2.05, 4.69) is 45.6 Å². The van der Waals surface area contributed by atoms with Crippen molar-refractivity contribution < 1.29 is 0 Å². The van der Waals surface area contributed by atoms with Gasteiger partial charge in [-0.1, -0.05) is 15.9 Å². The van der Waals surface area contributed by atoms with E-state index in [4.69, 9.17) is 0 Å². The van der Waals surface area contributed by atoms with Gasteiger partial charge in [-0.2, -0.15) is 0 Å². The highest BCUT2D eigenvalue weighted by Crippen LogP contribution is 2.31. The minimum absolute atomic E-state index is 0.347. The van der Waals surface area contributed by atoms with Gasteiger partial charge in [-0.15, -0.1) is 0 Å². The van der Waals surface area contributed by atoms with E-state index in [1.54, 1.807) is 0 Å². The Bertz CT molecular complexity index is 285. The maximum atomic E-state index is 3.42. The van der Waals surface area contributed by atoms with Gasteiger partial charge in [0, 0.05) is 4.47 Å². The SMILES string of the molecule is CC1Nc2ccc(Br)cc2N1. The third-order valence-corrected chi connectivity index (χ3v) is 2.22. The van der Waals surface area contributed by atoms with Crippen molar-refractivity contribution in [3.05, 3.63) is 22.7 Å². The van der Waals surface area contributed by atoms with Gasteiger partial charge in [0.05, 0.1) is 17.5 Å². The number of benzene rings is 1. The van der Waals surface area contributed by atoms with Crippen LogP contribution in [-0.2, 0) is 0 Å². The second-order valence-electron chi connectivity index (χ2n) is 2.70. The van der Waals surface area contributed by atoms with Crippen molar-refractivity contribution in [3.8, 4) is 0 Å². The fourth-order valence-corrected chi connectivity index (χ4v) is 1.63. The Labute approximate surface area is 74.1 Å². The van der Waals surface area contributed by atoms with Crippen molar-refractivity contribution in [2.75, 3.05) is 10.6 Å². The van der Waals surface area contributed by atoms with Crippen LogP contribution in [0.5, 0.6) is 0 Å². The van der Waals surface area contributed by atoms with Crippen LogP contribution in [0.15, 0.2) is 22.7 Å². The summed E-state index contributed by atoms with van der Waals surface area (Å²) in [5.41, 5.74) is 2.35. The molecule has 1 aliphatic heterocycles. The summed E-state index contributed by atoms with van der Waals surface area (Å²) >= 11 is 3.42. The normalized spacial score (nSPS) is 20.4. The number of anilines is 2. The lowest BCUT2D eigenvalue weighted by atomic mass is 10.3. The van der Waals surface area contributed by atoms with Crippen LogP contribution < -0.4 is 10.6 Å². The number of fused-ring (bicyclic) bond motifs is 1. The molecule has 0 bridgehead atoms. The van der Waals surface area contributed by atoms with Crippen molar-refractivity contribution in [3.63, 3.8) is 0 Å². The molecule has 0 aromatic heterocycles. The van der Waals surface area contributed by atoms with Crippen molar-refractivity contribution in [2.45, 2.75) is 13.1 Å². The topological polar surface area (TPSA) is 24.1 Å². The summed E-state index contributed by atoms with van der Waals surface area (Å²) in [4.78, 5) is 0. The highest BCUT2D eigenvalue weighted by Gasteiger charge is 2.14. The summed E-state index contributed by atoms with van der Waals surface area (Å²) in [6, 6.07) is 6.17. The van der Waals surface area contributed by atoms with E-state index in [1.807, 2.05) is 6.07 Å². The fourth-order valence-electron chi connectivity index (χ4n) is 1.26. The molecule has 11 heavy (non-hydrogen) atoms. The molecule has 0 radical (unpaired) electrons. The van der Waals surface area contributed by atoms with E-state index in [1.165, 1.54) is 11.4 Å². The lowest BCUT2D eigenvalue weighted by Gasteiger charge is -2.01. The molecule has 0 aliphatic carbocycles. The van der Waals surface area contributed by atoms with Crippen molar-refractivity contribution in [1.29, 1.82) is 0 Å². The van der Waals surface area contributed by atoms with E-state index >= 15 is 0 Å². The summed E-state index contributed by atoms with van der Waals surface area (Å²) in [5, 5.41) is 6.59. The Morgan fingerprint density at radius 1 is 1.27 bits per heavy atom. The van der Waals surface area contributed by atoms with Crippen molar-refractivity contribution in [1.82, 2.24) is 0 Å². The molecular formula is C8H9BrN2. The van der Waals surface area contributed by atoms with Crippen LogP contribution >= 0.6 is 15.9 Å². The summed E-state index contributed by atoms with van der Waals surface area (Å²) in [5.74, 6) is 0. The van der Waals surface area contributed by atoms with Crippen LogP contribution in [0.2, 0.25) is 0 Å². The van der Waals surface area contributed by atoms with Gasteiger partial charge in [0.2, 0.25) is 0 Å². The zero-order valence-electron chi connectivity index (χ0n) is 6.19. The Hall–Kier alpha value is -0.700. The van der Waals surface area contributed by atoms with E-state index in [-0.39, 0.29) is 0 Å². The minimum atomic E-state index is 0.347. The third-order valence-electron chi connectivity index (χ3n) is 1.73. The first-order valence-corrected chi connectivity index (χ1v) is 4.37. The highest BCUT2D eigenvalue weighted by atomic mass is 79.9. The molecule has 0 amide bonds. The van der Waals surface area contributed by atoms with Gasteiger partial charge in [0.25, 0.3) is 0 Å². The van der Waals surface area contributed by atoms with Crippen LogP contribution in [-0.4, -0.2) is 6.17 Å². The van der Waals surface area contributed by atoms with Gasteiger partial charge in [-0.3, -0.25) is 0 Å². The van der Waals surface area contributed by atoms with Gasteiger partial charge in [0.15, 0.2) is 0 Å². The molecule has 1 unspecified atom stereocenters. The van der Waals surface area contributed by atoms with E-state index in [0.717, 1.165) is 4.47 Å². The highest BCUT2D eigenvalue weighted by molar-refractivity contribution is 9.10. The fraction of sp³-hybridized carbons (Fsp3) is 0.250. The van der Waals surface area contributed by atoms with E-state index < -0.39 is 0 Å². The van der Waals surface area contributed by atoms with Crippen molar-refractivity contribution in [2.24, 2.45) is 0 Å². The molecule has 2 nitrogen and oxygen atoms in total. The van der Waals surface area contributed by atoms with Gasteiger partial charge >= 0.3 is 0 Å². The quantitative estimate of drug-likeness (QED) is 0.692. The number of nitrogens with one attached hydrogen (secondary N) is 2. The lowest BCUT2D eigenvalue weighted by Crippen LogP contribution is -2.16. The van der Waals surface area contributed by atoms with Crippen LogP contribution in [0.3, 0.4) is 0 Å². The minimum Gasteiger partial charge on any atom is -0.364 e. The average Bonchev–Trinajstić information content (AvgIpc) is 2.27. The predicted octanol–water partition coefficient (Wildman–Crippen LogP) is 2.63. The lowest BCUT2D eigenvalue weighted by molar-refractivity contribution is 0.956. The van der Waals surface area contributed by atoms with Gasteiger partial charge < -0.3 is 10.6 Å². The zero-order valence-corrected chi connectivity index (χ0v) is 7.77. The summed E-state index contributed by atoms with van der Waals surface area (Å²) in [7, 11) is 0. The van der Waals surface area contributed by atoms with Crippen LogP contribution in [0.4, 0.5) is 11.4 Å². The van der Waals surface area contributed by atoms with Gasteiger partial charge in [0.1, 0.15) is 0 Å². The predicted molar refractivity (Wildman–Crippen MR) is 50.8 cm³/mol. The standard InChI is InChI=1S/C8H9BrN2/c1-5-10-7-3-2-6(9)4-8(7)11-5/h2-5,10-11H,1H3. The molecule has 1 aromatic rings. The Morgan fingerprint density at radius 3 is 2.82 bits per heavy atom. The molecule has 1 aliphatic rings. The molecule has 58 valence electrons. The molecule has 3 heteroatoms. The molecule has 0 saturated heterocycles. The molecule has 1 atom stereocenters. The second kappa shape index (κ2) is 2.41. The Kier molecular flexibility index (Phi) is 1.53. The average molecular weight is 213 g/mol.